The highest BCUT2D eigenvalue weighted by Crippen LogP contribution is 2.35. The fourth-order valence-corrected chi connectivity index (χ4v) is 3.58. The van der Waals surface area contributed by atoms with E-state index in [9.17, 15) is 4.79 Å². The van der Waals surface area contributed by atoms with Gasteiger partial charge in [-0.15, -0.1) is 0 Å². The van der Waals surface area contributed by atoms with Gasteiger partial charge in [-0.05, 0) is 25.5 Å². The normalized spacial score (nSPS) is 13.6. The molecule has 2 aromatic heterocycles. The van der Waals surface area contributed by atoms with Crippen LogP contribution in [0.15, 0.2) is 60.8 Å². The van der Waals surface area contributed by atoms with Crippen molar-refractivity contribution in [3.63, 3.8) is 0 Å². The van der Waals surface area contributed by atoms with E-state index in [1.54, 1.807) is 6.20 Å². The van der Waals surface area contributed by atoms with E-state index >= 15 is 0 Å². The Morgan fingerprint density at radius 2 is 1.81 bits per heavy atom. The molecule has 136 valence electrons. The number of amides is 1. The average Bonchev–Trinajstić information content (AvgIpc) is 3.14. The van der Waals surface area contributed by atoms with Crippen molar-refractivity contribution in [3.8, 4) is 0 Å². The molecule has 0 fully saturated rings. The summed E-state index contributed by atoms with van der Waals surface area (Å²) in [5.74, 6) is 0.778. The summed E-state index contributed by atoms with van der Waals surface area (Å²) >= 11 is 0. The smallest absolute Gasteiger partial charge is 0.221 e. The first-order valence-corrected chi connectivity index (χ1v) is 9.18. The number of pyridine rings is 1. The molecule has 0 aliphatic heterocycles. The van der Waals surface area contributed by atoms with Crippen molar-refractivity contribution in [2.75, 3.05) is 6.54 Å². The van der Waals surface area contributed by atoms with Gasteiger partial charge in [-0.2, -0.15) is 0 Å². The molecule has 0 bridgehead atoms. The molecule has 5 nitrogen and oxygen atoms in total. The second-order valence-electron chi connectivity index (χ2n) is 6.95. The first-order chi connectivity index (χ1) is 13.1. The van der Waals surface area contributed by atoms with Gasteiger partial charge in [0.05, 0.1) is 22.6 Å². The maximum Gasteiger partial charge on any atom is 0.221 e. The van der Waals surface area contributed by atoms with Gasteiger partial charge < -0.3 is 10.3 Å². The summed E-state index contributed by atoms with van der Waals surface area (Å²) in [6, 6.07) is 18.0. The van der Waals surface area contributed by atoms with E-state index in [0.29, 0.717) is 13.0 Å². The van der Waals surface area contributed by atoms with Crippen molar-refractivity contribution in [1.29, 1.82) is 0 Å². The van der Waals surface area contributed by atoms with Gasteiger partial charge in [-0.25, -0.2) is 4.98 Å². The number of carbonyl (C=O) groups is 1. The van der Waals surface area contributed by atoms with Crippen LogP contribution in [0.2, 0.25) is 0 Å². The van der Waals surface area contributed by atoms with Gasteiger partial charge in [0.25, 0.3) is 0 Å². The molecule has 0 spiro atoms. The molecule has 0 saturated carbocycles. The molecule has 2 heterocycles. The Morgan fingerprint density at radius 1 is 1.07 bits per heavy atom. The maximum absolute atomic E-state index is 12.5. The monoisotopic (exact) mass is 358 g/mol. The number of benzene rings is 2. The lowest BCUT2D eigenvalue weighted by Gasteiger charge is -2.27. The summed E-state index contributed by atoms with van der Waals surface area (Å²) in [6.45, 7) is 4.60. The van der Waals surface area contributed by atoms with Crippen LogP contribution in [-0.2, 0) is 10.2 Å². The Balaban J connectivity index is 1.89. The van der Waals surface area contributed by atoms with E-state index in [-0.39, 0.29) is 5.91 Å². The van der Waals surface area contributed by atoms with Crippen molar-refractivity contribution in [2.24, 2.45) is 0 Å². The quantitative estimate of drug-likeness (QED) is 0.568. The third kappa shape index (κ3) is 3.05. The summed E-state index contributed by atoms with van der Waals surface area (Å²) in [6.07, 6.45) is 2.10. The SMILES string of the molecule is CCNC(=O)CC(C)(c1ccccc1)c1nc2cnc3ccccc3c2[nH]1. The van der Waals surface area contributed by atoms with Crippen LogP contribution in [0.5, 0.6) is 0 Å². The number of imidazole rings is 1. The highest BCUT2D eigenvalue weighted by atomic mass is 16.1. The number of aromatic amines is 1. The number of carbonyl (C=O) groups excluding carboxylic acids is 1. The molecular weight excluding hydrogens is 336 g/mol. The molecule has 0 aliphatic rings. The topological polar surface area (TPSA) is 70.7 Å². The van der Waals surface area contributed by atoms with E-state index in [2.05, 4.69) is 22.2 Å². The molecule has 0 saturated heterocycles. The predicted octanol–water partition coefficient (Wildman–Crippen LogP) is 3.94. The van der Waals surface area contributed by atoms with Gasteiger partial charge in [0.1, 0.15) is 11.3 Å². The zero-order valence-corrected chi connectivity index (χ0v) is 15.5. The summed E-state index contributed by atoms with van der Waals surface area (Å²) < 4.78 is 0. The molecule has 4 rings (SSSR count). The molecule has 2 aromatic carbocycles. The van der Waals surface area contributed by atoms with Crippen LogP contribution in [-0.4, -0.2) is 27.4 Å². The number of hydrogen-bond donors (Lipinski definition) is 2. The van der Waals surface area contributed by atoms with Crippen molar-refractivity contribution in [1.82, 2.24) is 20.3 Å². The highest BCUT2D eigenvalue weighted by Gasteiger charge is 2.35. The molecule has 1 unspecified atom stereocenters. The molecule has 0 aliphatic carbocycles. The van der Waals surface area contributed by atoms with E-state index in [1.165, 1.54) is 0 Å². The van der Waals surface area contributed by atoms with Gasteiger partial charge in [0, 0.05) is 18.4 Å². The van der Waals surface area contributed by atoms with Crippen LogP contribution in [0, 0.1) is 0 Å². The van der Waals surface area contributed by atoms with Crippen LogP contribution in [0.3, 0.4) is 0 Å². The van der Waals surface area contributed by atoms with Gasteiger partial charge in [0.15, 0.2) is 0 Å². The second-order valence-corrected chi connectivity index (χ2v) is 6.95. The number of fused-ring (bicyclic) bond motifs is 3. The first kappa shape index (κ1) is 17.2. The fraction of sp³-hybridized carbons (Fsp3) is 0.227. The Morgan fingerprint density at radius 3 is 2.59 bits per heavy atom. The van der Waals surface area contributed by atoms with E-state index in [4.69, 9.17) is 4.98 Å². The molecule has 0 radical (unpaired) electrons. The summed E-state index contributed by atoms with van der Waals surface area (Å²) in [7, 11) is 0. The number of aromatic nitrogens is 3. The third-order valence-electron chi connectivity index (χ3n) is 5.05. The first-order valence-electron chi connectivity index (χ1n) is 9.18. The van der Waals surface area contributed by atoms with Crippen LogP contribution in [0.4, 0.5) is 0 Å². The number of hydrogen-bond acceptors (Lipinski definition) is 3. The molecule has 1 amide bonds. The standard InChI is InChI=1S/C22H22N4O/c1-3-23-19(27)13-22(2,15-9-5-4-6-10-15)21-25-18-14-24-17-12-8-7-11-16(17)20(18)26-21/h4-12,14H,3,13H2,1-2H3,(H,23,27)(H,25,26). The second kappa shape index (κ2) is 6.83. The number of rotatable bonds is 5. The zero-order chi connectivity index (χ0) is 18.9. The Kier molecular flexibility index (Phi) is 4.36. The number of nitrogens with zero attached hydrogens (tertiary/aromatic N) is 2. The van der Waals surface area contributed by atoms with Crippen LogP contribution in [0.1, 0.15) is 31.7 Å². The lowest BCUT2D eigenvalue weighted by Crippen LogP contribution is -2.34. The zero-order valence-electron chi connectivity index (χ0n) is 15.5. The molecule has 2 N–H and O–H groups in total. The minimum atomic E-state index is -0.569. The lowest BCUT2D eigenvalue weighted by molar-refractivity contribution is -0.121. The minimum absolute atomic E-state index is 0.00675. The Hall–Kier alpha value is -3.21. The lowest BCUT2D eigenvalue weighted by atomic mass is 9.78. The van der Waals surface area contributed by atoms with Gasteiger partial charge >= 0.3 is 0 Å². The van der Waals surface area contributed by atoms with Gasteiger partial charge in [-0.1, -0.05) is 48.5 Å². The summed E-state index contributed by atoms with van der Waals surface area (Å²) in [5.41, 5.74) is 3.16. The van der Waals surface area contributed by atoms with Crippen LogP contribution in [0.25, 0.3) is 21.9 Å². The van der Waals surface area contributed by atoms with Gasteiger partial charge in [0.2, 0.25) is 5.91 Å². The van der Waals surface area contributed by atoms with E-state index < -0.39 is 5.41 Å². The molecule has 27 heavy (non-hydrogen) atoms. The third-order valence-corrected chi connectivity index (χ3v) is 5.05. The van der Waals surface area contributed by atoms with Crippen molar-refractivity contribution in [2.45, 2.75) is 25.7 Å². The largest absolute Gasteiger partial charge is 0.356 e. The number of para-hydroxylation sites is 1. The average molecular weight is 358 g/mol. The summed E-state index contributed by atoms with van der Waals surface area (Å²) in [5, 5.41) is 3.94. The number of H-pyrrole nitrogens is 1. The van der Waals surface area contributed by atoms with Crippen LogP contribution < -0.4 is 5.32 Å². The molecular formula is C22H22N4O. The van der Waals surface area contributed by atoms with Crippen LogP contribution >= 0.6 is 0 Å². The Labute approximate surface area is 157 Å². The molecule has 1 atom stereocenters. The van der Waals surface area contributed by atoms with E-state index in [0.717, 1.165) is 33.3 Å². The molecule has 4 aromatic rings. The van der Waals surface area contributed by atoms with Crippen molar-refractivity contribution >= 4 is 27.8 Å². The maximum atomic E-state index is 12.5. The number of nitrogens with one attached hydrogen (secondary N) is 2. The van der Waals surface area contributed by atoms with Gasteiger partial charge in [-0.3, -0.25) is 9.78 Å². The minimum Gasteiger partial charge on any atom is -0.356 e. The predicted molar refractivity (Wildman–Crippen MR) is 108 cm³/mol. The van der Waals surface area contributed by atoms with Crippen molar-refractivity contribution in [3.05, 3.63) is 72.2 Å². The molecule has 5 heteroatoms. The summed E-state index contributed by atoms with van der Waals surface area (Å²) in [4.78, 5) is 25.3. The highest BCUT2D eigenvalue weighted by molar-refractivity contribution is 6.01. The Bertz CT molecular complexity index is 1100. The van der Waals surface area contributed by atoms with E-state index in [1.807, 2.05) is 61.5 Å². The van der Waals surface area contributed by atoms with Crippen molar-refractivity contribution < 1.29 is 4.79 Å². The fourth-order valence-electron chi connectivity index (χ4n) is 3.58.